The molecular formula is C21H24O7. The fourth-order valence-corrected chi connectivity index (χ4v) is 2.97. The largest absolute Gasteiger partial charge is 0.457 e. The molecule has 3 N–H and O–H groups in total. The van der Waals surface area contributed by atoms with Gasteiger partial charge >= 0.3 is 5.97 Å². The molecule has 2 aromatic carbocycles. The first-order chi connectivity index (χ1) is 13.5. The van der Waals surface area contributed by atoms with Gasteiger partial charge in [-0.2, -0.15) is 0 Å². The predicted octanol–water partition coefficient (Wildman–Crippen LogP) is 1.39. The molecule has 5 atom stereocenters. The highest BCUT2D eigenvalue weighted by molar-refractivity contribution is 5.91. The van der Waals surface area contributed by atoms with Crippen LogP contribution < -0.4 is 0 Å². The first-order valence-electron chi connectivity index (χ1n) is 9.07. The predicted molar refractivity (Wildman–Crippen MR) is 99.1 cm³/mol. The molecule has 0 unspecified atom stereocenters. The average Bonchev–Trinajstić information content (AvgIpc) is 2.73. The van der Waals surface area contributed by atoms with E-state index in [4.69, 9.17) is 14.2 Å². The summed E-state index contributed by atoms with van der Waals surface area (Å²) in [5.41, 5.74) is 1.78. The van der Waals surface area contributed by atoms with E-state index in [1.165, 1.54) is 0 Å². The number of aliphatic hydroxyl groups is 3. The van der Waals surface area contributed by atoms with Crippen LogP contribution in [-0.2, 0) is 27.4 Å². The van der Waals surface area contributed by atoms with Gasteiger partial charge in [-0.25, -0.2) is 4.79 Å². The molecule has 7 nitrogen and oxygen atoms in total. The minimum Gasteiger partial charge on any atom is -0.457 e. The van der Waals surface area contributed by atoms with E-state index in [0.717, 1.165) is 5.56 Å². The molecular weight excluding hydrogens is 364 g/mol. The number of carbonyl (C=O) groups is 1. The van der Waals surface area contributed by atoms with Gasteiger partial charge in [0.05, 0.1) is 18.3 Å². The third-order valence-corrected chi connectivity index (χ3v) is 4.66. The Balaban J connectivity index is 1.63. The second-order valence-corrected chi connectivity index (χ2v) is 6.71. The zero-order chi connectivity index (χ0) is 20.1. The van der Waals surface area contributed by atoms with Crippen molar-refractivity contribution in [3.8, 4) is 0 Å². The van der Waals surface area contributed by atoms with Crippen LogP contribution in [0.5, 0.6) is 0 Å². The Morgan fingerprint density at radius 1 is 0.929 bits per heavy atom. The monoisotopic (exact) mass is 388 g/mol. The summed E-state index contributed by atoms with van der Waals surface area (Å²) in [5.74, 6) is -0.489. The van der Waals surface area contributed by atoms with Crippen molar-refractivity contribution in [1.29, 1.82) is 0 Å². The van der Waals surface area contributed by atoms with Crippen molar-refractivity contribution in [3.63, 3.8) is 0 Å². The van der Waals surface area contributed by atoms with Crippen molar-refractivity contribution >= 4 is 5.97 Å². The van der Waals surface area contributed by atoms with Gasteiger partial charge in [-0.1, -0.05) is 48.5 Å². The van der Waals surface area contributed by atoms with Crippen LogP contribution in [0.25, 0.3) is 0 Å². The van der Waals surface area contributed by atoms with Crippen molar-refractivity contribution in [2.75, 3.05) is 0 Å². The first-order valence-corrected chi connectivity index (χ1v) is 9.07. The molecule has 0 spiro atoms. The number of benzene rings is 2. The maximum Gasteiger partial charge on any atom is 0.338 e. The molecule has 1 aliphatic rings. The lowest BCUT2D eigenvalue weighted by Gasteiger charge is -2.38. The van der Waals surface area contributed by atoms with E-state index < -0.39 is 36.7 Å². The molecule has 2 aromatic rings. The number of aliphatic hydroxyl groups excluding tert-OH is 3. The van der Waals surface area contributed by atoms with Gasteiger partial charge in [-0.3, -0.25) is 0 Å². The van der Waals surface area contributed by atoms with Crippen LogP contribution in [0.15, 0.2) is 54.6 Å². The van der Waals surface area contributed by atoms with Crippen molar-refractivity contribution in [2.45, 2.75) is 50.8 Å². The Kier molecular flexibility index (Phi) is 6.77. The molecule has 0 amide bonds. The molecule has 0 aliphatic carbocycles. The fraction of sp³-hybridized carbons (Fsp3) is 0.381. The maximum atomic E-state index is 12.5. The Labute approximate surface area is 163 Å². The summed E-state index contributed by atoms with van der Waals surface area (Å²) in [7, 11) is 0. The molecule has 7 heteroatoms. The molecule has 3 rings (SSSR count). The second kappa shape index (κ2) is 9.27. The third-order valence-electron chi connectivity index (χ3n) is 4.66. The van der Waals surface area contributed by atoms with Crippen molar-refractivity contribution in [1.82, 2.24) is 0 Å². The molecule has 0 radical (unpaired) electrons. The molecule has 28 heavy (non-hydrogen) atoms. The second-order valence-electron chi connectivity index (χ2n) is 6.71. The van der Waals surface area contributed by atoms with Crippen molar-refractivity contribution in [2.24, 2.45) is 0 Å². The highest BCUT2D eigenvalue weighted by atomic mass is 16.7. The van der Waals surface area contributed by atoms with Gasteiger partial charge in [0.25, 0.3) is 0 Å². The number of ether oxygens (including phenoxy) is 3. The van der Waals surface area contributed by atoms with E-state index in [-0.39, 0.29) is 13.2 Å². The van der Waals surface area contributed by atoms with Crippen LogP contribution in [0.1, 0.15) is 28.4 Å². The average molecular weight is 388 g/mol. The van der Waals surface area contributed by atoms with Gasteiger partial charge in [-0.05, 0) is 24.1 Å². The van der Waals surface area contributed by atoms with Crippen LogP contribution in [-0.4, -0.2) is 52.0 Å². The number of esters is 1. The standard InChI is InChI=1S/C21H24O7/c1-13-17(22)18(23)19(24)21(28-13)27-12-15-9-5-6-10-16(15)20(25)26-11-14-7-3-2-4-8-14/h2-10,13,17-19,21-24H,11-12H2,1H3/t13-,17-,18+,19+,21+/m0/s1. The normalized spacial score (nSPS) is 27.4. The summed E-state index contributed by atoms with van der Waals surface area (Å²) in [4.78, 5) is 12.5. The highest BCUT2D eigenvalue weighted by Crippen LogP contribution is 2.23. The van der Waals surface area contributed by atoms with Crippen molar-refractivity contribution < 1.29 is 34.3 Å². The SMILES string of the molecule is C[C@@H]1O[C@@H](OCc2ccccc2C(=O)OCc2ccccc2)[C@H](O)[C@H](O)[C@H]1O. The third kappa shape index (κ3) is 4.76. The van der Waals surface area contributed by atoms with Crippen LogP contribution in [0.2, 0.25) is 0 Å². The van der Waals surface area contributed by atoms with Crippen LogP contribution >= 0.6 is 0 Å². The summed E-state index contributed by atoms with van der Waals surface area (Å²) >= 11 is 0. The van der Waals surface area contributed by atoms with E-state index >= 15 is 0 Å². The van der Waals surface area contributed by atoms with E-state index in [9.17, 15) is 20.1 Å². The lowest BCUT2D eigenvalue weighted by molar-refractivity contribution is -0.296. The quantitative estimate of drug-likeness (QED) is 0.642. The zero-order valence-electron chi connectivity index (χ0n) is 15.5. The maximum absolute atomic E-state index is 12.5. The molecule has 1 fully saturated rings. The van der Waals surface area contributed by atoms with Gasteiger partial charge < -0.3 is 29.5 Å². The summed E-state index contributed by atoms with van der Waals surface area (Å²) in [6.45, 7) is 1.69. The highest BCUT2D eigenvalue weighted by Gasteiger charge is 2.42. The number of hydrogen-bond donors (Lipinski definition) is 3. The van der Waals surface area contributed by atoms with Gasteiger partial charge in [0.15, 0.2) is 6.29 Å². The number of hydrogen-bond acceptors (Lipinski definition) is 7. The molecule has 1 heterocycles. The molecule has 150 valence electrons. The van der Waals surface area contributed by atoms with Crippen LogP contribution in [0.4, 0.5) is 0 Å². The van der Waals surface area contributed by atoms with Gasteiger partial charge in [0.1, 0.15) is 24.9 Å². The minimum atomic E-state index is -1.40. The van der Waals surface area contributed by atoms with E-state index in [1.54, 1.807) is 31.2 Å². The zero-order valence-corrected chi connectivity index (χ0v) is 15.5. The lowest BCUT2D eigenvalue weighted by atomic mass is 10.00. The topological polar surface area (TPSA) is 105 Å². The smallest absolute Gasteiger partial charge is 0.338 e. The molecule has 0 saturated carbocycles. The van der Waals surface area contributed by atoms with Crippen LogP contribution in [0.3, 0.4) is 0 Å². The first kappa shape index (κ1) is 20.4. The Morgan fingerprint density at radius 3 is 2.36 bits per heavy atom. The molecule has 0 aromatic heterocycles. The minimum absolute atomic E-state index is 0.0339. The summed E-state index contributed by atoms with van der Waals surface area (Å²) in [6, 6.07) is 16.2. The Morgan fingerprint density at radius 2 is 1.61 bits per heavy atom. The van der Waals surface area contributed by atoms with Gasteiger partial charge in [-0.15, -0.1) is 0 Å². The van der Waals surface area contributed by atoms with Crippen molar-refractivity contribution in [3.05, 3.63) is 71.3 Å². The molecule has 0 bridgehead atoms. The summed E-state index contributed by atoms with van der Waals surface area (Å²) in [5, 5.41) is 29.6. The molecule has 1 aliphatic heterocycles. The van der Waals surface area contributed by atoms with Gasteiger partial charge in [0, 0.05) is 0 Å². The van der Waals surface area contributed by atoms with E-state index in [2.05, 4.69) is 0 Å². The fourth-order valence-electron chi connectivity index (χ4n) is 2.97. The van der Waals surface area contributed by atoms with E-state index in [0.29, 0.717) is 11.1 Å². The lowest BCUT2D eigenvalue weighted by Crippen LogP contribution is -2.57. The summed E-state index contributed by atoms with van der Waals surface area (Å²) in [6.07, 6.45) is -5.80. The number of carbonyl (C=O) groups excluding carboxylic acids is 1. The van der Waals surface area contributed by atoms with E-state index in [1.807, 2.05) is 30.3 Å². The van der Waals surface area contributed by atoms with Crippen LogP contribution in [0, 0.1) is 0 Å². The summed E-state index contributed by atoms with van der Waals surface area (Å²) < 4.78 is 16.4. The number of rotatable bonds is 6. The Bertz CT molecular complexity index is 779. The Hall–Kier alpha value is -2.29. The van der Waals surface area contributed by atoms with Gasteiger partial charge in [0.2, 0.25) is 0 Å². The molecule has 1 saturated heterocycles.